The number of nitrogens with zero attached hydrogens (tertiary/aromatic N) is 2. The third-order valence-corrected chi connectivity index (χ3v) is 9.90. The lowest BCUT2D eigenvalue weighted by Crippen LogP contribution is -2.62. The van der Waals surface area contributed by atoms with Crippen molar-refractivity contribution in [1.29, 1.82) is 0 Å². The Morgan fingerprint density at radius 1 is 0.537 bits per heavy atom. The third kappa shape index (κ3) is 2.81. The summed E-state index contributed by atoms with van der Waals surface area (Å²) in [5, 5.41) is 0. The highest BCUT2D eigenvalue weighted by molar-refractivity contribution is 7.99. The third-order valence-electron chi connectivity index (χ3n) is 8.79. The van der Waals surface area contributed by atoms with E-state index in [9.17, 15) is 0 Å². The molecule has 190 valence electrons. The van der Waals surface area contributed by atoms with E-state index < -0.39 is 0 Å². The van der Waals surface area contributed by atoms with Crippen LogP contribution >= 0.6 is 11.8 Å². The first-order valence-electron chi connectivity index (χ1n) is 14.0. The lowest BCUT2D eigenvalue weighted by Gasteiger charge is -2.49. The van der Waals surface area contributed by atoms with E-state index in [2.05, 4.69) is 137 Å². The molecule has 0 unspecified atom stereocenters. The predicted octanol–water partition coefficient (Wildman–Crippen LogP) is 8.63. The minimum Gasteiger partial charge on any atom is -0.453 e. The molecule has 3 nitrogen and oxygen atoms in total. The summed E-state index contributed by atoms with van der Waals surface area (Å²) in [5.41, 5.74) is 13.6. The van der Waals surface area contributed by atoms with Gasteiger partial charge >= 0.3 is 6.85 Å². The molecular weight excluding hydrogens is 519 g/mol. The topological polar surface area (TPSA) is 15.7 Å². The van der Waals surface area contributed by atoms with Crippen LogP contribution in [0.4, 0.5) is 28.4 Å². The van der Waals surface area contributed by atoms with E-state index in [-0.39, 0.29) is 6.85 Å². The summed E-state index contributed by atoms with van der Waals surface area (Å²) in [5.74, 6) is 1.81. The van der Waals surface area contributed by atoms with Crippen molar-refractivity contribution in [2.24, 2.45) is 0 Å². The summed E-state index contributed by atoms with van der Waals surface area (Å²) in [7, 11) is 0. The minimum atomic E-state index is 0.0144. The molecule has 0 N–H and O–H groups in total. The number of ether oxygens (including phenoxy) is 1. The van der Waals surface area contributed by atoms with Gasteiger partial charge in [0.2, 0.25) is 0 Å². The van der Waals surface area contributed by atoms with Crippen molar-refractivity contribution in [3.05, 3.63) is 127 Å². The highest BCUT2D eigenvalue weighted by Gasteiger charge is 2.49. The van der Waals surface area contributed by atoms with E-state index in [1.54, 1.807) is 0 Å². The number of para-hydroxylation sites is 5. The van der Waals surface area contributed by atoms with Gasteiger partial charge in [0.25, 0.3) is 0 Å². The van der Waals surface area contributed by atoms with Gasteiger partial charge in [-0.25, -0.2) is 0 Å². The Hall–Kier alpha value is -4.87. The van der Waals surface area contributed by atoms with Gasteiger partial charge < -0.3 is 14.4 Å². The van der Waals surface area contributed by atoms with E-state index in [0.29, 0.717) is 0 Å². The smallest absolute Gasteiger partial charge is 0.333 e. The van der Waals surface area contributed by atoms with Crippen molar-refractivity contribution in [2.45, 2.75) is 9.79 Å². The molecule has 0 spiro atoms. The molecule has 0 amide bonds. The molecule has 0 radical (unpaired) electrons. The Morgan fingerprint density at radius 3 is 2.22 bits per heavy atom. The minimum absolute atomic E-state index is 0.0144. The van der Waals surface area contributed by atoms with Crippen LogP contribution in [0.25, 0.3) is 22.3 Å². The zero-order chi connectivity index (χ0) is 26.7. The highest BCUT2D eigenvalue weighted by atomic mass is 32.2. The summed E-state index contributed by atoms with van der Waals surface area (Å²) in [4.78, 5) is 7.64. The van der Waals surface area contributed by atoms with Crippen LogP contribution in [0, 0.1) is 0 Å². The molecule has 6 aromatic carbocycles. The van der Waals surface area contributed by atoms with Crippen molar-refractivity contribution >= 4 is 58.0 Å². The fourth-order valence-electron chi connectivity index (χ4n) is 7.17. The Balaban J connectivity index is 1.38. The van der Waals surface area contributed by atoms with Crippen LogP contribution in [-0.2, 0) is 0 Å². The van der Waals surface area contributed by atoms with Crippen molar-refractivity contribution in [1.82, 2.24) is 0 Å². The Morgan fingerprint density at radius 2 is 1.29 bits per heavy atom. The van der Waals surface area contributed by atoms with Gasteiger partial charge in [-0.15, -0.1) is 0 Å². The fraction of sp³-hybridized carbons (Fsp3) is 0. The van der Waals surface area contributed by atoms with Crippen molar-refractivity contribution < 1.29 is 4.74 Å². The van der Waals surface area contributed by atoms with Crippen molar-refractivity contribution in [2.75, 3.05) is 9.71 Å². The Labute approximate surface area is 242 Å². The van der Waals surface area contributed by atoms with Gasteiger partial charge in [0.15, 0.2) is 5.75 Å². The molecule has 0 atom stereocenters. The van der Waals surface area contributed by atoms with Gasteiger partial charge in [0.1, 0.15) is 5.75 Å². The average Bonchev–Trinajstić information content (AvgIpc) is 3.03. The summed E-state index contributed by atoms with van der Waals surface area (Å²) in [6, 6.07) is 46.2. The molecule has 41 heavy (non-hydrogen) atoms. The van der Waals surface area contributed by atoms with Gasteiger partial charge in [-0.05, 0) is 76.1 Å². The molecule has 0 aromatic heterocycles. The van der Waals surface area contributed by atoms with E-state index in [1.807, 2.05) is 11.8 Å². The van der Waals surface area contributed by atoms with E-state index >= 15 is 0 Å². The maximum Gasteiger partial charge on any atom is 0.333 e. The average molecular weight is 540 g/mol. The molecule has 4 heterocycles. The van der Waals surface area contributed by atoms with Crippen LogP contribution in [0.1, 0.15) is 0 Å². The second-order valence-electron chi connectivity index (χ2n) is 10.9. The number of benzene rings is 6. The molecule has 0 saturated heterocycles. The van der Waals surface area contributed by atoms with Crippen LogP contribution in [0.2, 0.25) is 0 Å². The number of hydrogen-bond donors (Lipinski definition) is 0. The van der Waals surface area contributed by atoms with Gasteiger partial charge in [0, 0.05) is 21.0 Å². The van der Waals surface area contributed by atoms with Gasteiger partial charge in [-0.2, -0.15) is 0 Å². The summed E-state index contributed by atoms with van der Waals surface area (Å²) in [6.45, 7) is 0.0144. The summed E-state index contributed by atoms with van der Waals surface area (Å²) < 4.78 is 6.55. The summed E-state index contributed by atoms with van der Waals surface area (Å²) in [6.07, 6.45) is 0. The molecule has 4 aliphatic heterocycles. The number of anilines is 5. The Bertz CT molecular complexity index is 2090. The molecule has 0 aliphatic carbocycles. The summed E-state index contributed by atoms with van der Waals surface area (Å²) >= 11 is 1.87. The molecule has 0 fully saturated rings. The lowest BCUT2D eigenvalue weighted by molar-refractivity contribution is 0.478. The van der Waals surface area contributed by atoms with Gasteiger partial charge in [0.05, 0.1) is 22.7 Å². The maximum absolute atomic E-state index is 6.55. The van der Waals surface area contributed by atoms with Crippen molar-refractivity contribution in [3.8, 4) is 33.8 Å². The second kappa shape index (κ2) is 7.87. The number of rotatable bonds is 1. The van der Waals surface area contributed by atoms with Gasteiger partial charge in [-0.3, -0.25) is 0 Å². The fourth-order valence-corrected chi connectivity index (χ4v) is 8.27. The molecule has 6 aromatic rings. The van der Waals surface area contributed by atoms with E-state index in [0.717, 1.165) is 22.9 Å². The monoisotopic (exact) mass is 540 g/mol. The normalized spacial score (nSPS) is 14.3. The number of hydrogen-bond acceptors (Lipinski definition) is 4. The van der Waals surface area contributed by atoms with Crippen LogP contribution in [0.5, 0.6) is 11.5 Å². The van der Waals surface area contributed by atoms with E-state index in [1.165, 1.54) is 60.0 Å². The molecule has 10 rings (SSSR count). The van der Waals surface area contributed by atoms with Gasteiger partial charge in [-0.1, -0.05) is 90.6 Å². The van der Waals surface area contributed by atoms with E-state index in [4.69, 9.17) is 4.74 Å². The SMILES string of the molecule is c1ccc(-c2cc3c4c(c2)N2c5ccccc5Sc5cccc(c52)B4N2c4ccccc4Oc4cccc-3c42)cc1. The zero-order valence-corrected chi connectivity index (χ0v) is 22.7. The van der Waals surface area contributed by atoms with Crippen molar-refractivity contribution in [3.63, 3.8) is 0 Å². The first-order valence-corrected chi connectivity index (χ1v) is 14.8. The highest BCUT2D eigenvalue weighted by Crippen LogP contribution is 2.58. The van der Waals surface area contributed by atoms with Crippen LogP contribution in [0.3, 0.4) is 0 Å². The molecule has 0 saturated carbocycles. The van der Waals surface area contributed by atoms with Crippen LogP contribution in [0.15, 0.2) is 137 Å². The largest absolute Gasteiger partial charge is 0.453 e. The first kappa shape index (κ1) is 21.9. The maximum atomic E-state index is 6.55. The molecular formula is C36H21BN2OS. The van der Waals surface area contributed by atoms with Crippen LogP contribution in [-0.4, -0.2) is 6.85 Å². The molecule has 0 bridgehead atoms. The zero-order valence-electron chi connectivity index (χ0n) is 21.9. The second-order valence-corrected chi connectivity index (χ2v) is 12.0. The predicted molar refractivity (Wildman–Crippen MR) is 170 cm³/mol. The standard InChI is InChI=1S/C36H21BN2OS/c1-2-10-22(11-3-1)23-20-25-24-12-8-17-31-35(24)39(27-14-4-6-16-30(27)40-31)37-26-13-9-19-33-36(26)38(29(21-23)34(25)37)28-15-5-7-18-32(28)41-33/h1-21H. The van der Waals surface area contributed by atoms with Crippen LogP contribution < -0.4 is 25.4 Å². The first-order chi connectivity index (χ1) is 20.3. The quantitative estimate of drug-likeness (QED) is 0.194. The Kier molecular flexibility index (Phi) is 4.20. The lowest BCUT2D eigenvalue weighted by atomic mass is 9.43. The molecule has 5 heteroatoms. The number of fused-ring (bicyclic) bond motifs is 8. The molecule has 4 aliphatic rings.